The first kappa shape index (κ1) is 15.3. The van der Waals surface area contributed by atoms with E-state index in [4.69, 9.17) is 17.3 Å². The molecule has 110 valence electrons. The molecule has 0 heterocycles. The standard InChI is InChI=1S/C15H13ClF2N2O/c1-15(14(19)21,9-2-7-13(18)12(16)8-9)20-11-5-3-10(17)4-6-11/h2-8,20H,1H3,(H2,19,21). The molecular weight excluding hydrogens is 298 g/mol. The van der Waals surface area contributed by atoms with Gasteiger partial charge in [-0.3, -0.25) is 4.79 Å². The third kappa shape index (κ3) is 3.13. The van der Waals surface area contributed by atoms with Crippen LogP contribution in [0.15, 0.2) is 42.5 Å². The van der Waals surface area contributed by atoms with Gasteiger partial charge in [0.2, 0.25) is 5.91 Å². The van der Waals surface area contributed by atoms with Crippen LogP contribution in [0.5, 0.6) is 0 Å². The van der Waals surface area contributed by atoms with E-state index < -0.39 is 23.1 Å². The second-order valence-electron chi connectivity index (χ2n) is 4.75. The van der Waals surface area contributed by atoms with Gasteiger partial charge in [0, 0.05) is 5.69 Å². The fraction of sp³-hybridized carbons (Fsp3) is 0.133. The van der Waals surface area contributed by atoms with Crippen LogP contribution in [0.1, 0.15) is 12.5 Å². The average molecular weight is 311 g/mol. The molecule has 2 aromatic carbocycles. The van der Waals surface area contributed by atoms with E-state index in [1.807, 2.05) is 0 Å². The van der Waals surface area contributed by atoms with Crippen molar-refractivity contribution >= 4 is 23.2 Å². The van der Waals surface area contributed by atoms with Crippen molar-refractivity contribution < 1.29 is 13.6 Å². The molecule has 6 heteroatoms. The molecule has 3 nitrogen and oxygen atoms in total. The number of hydrogen-bond donors (Lipinski definition) is 2. The molecule has 1 unspecified atom stereocenters. The Labute approximate surface area is 125 Å². The molecule has 21 heavy (non-hydrogen) atoms. The van der Waals surface area contributed by atoms with Crippen molar-refractivity contribution in [1.82, 2.24) is 0 Å². The summed E-state index contributed by atoms with van der Waals surface area (Å²) in [4.78, 5) is 11.8. The van der Waals surface area contributed by atoms with Crippen LogP contribution in [-0.2, 0) is 10.3 Å². The highest BCUT2D eigenvalue weighted by Crippen LogP contribution is 2.29. The number of primary amides is 1. The van der Waals surface area contributed by atoms with E-state index in [9.17, 15) is 13.6 Å². The van der Waals surface area contributed by atoms with Crippen molar-refractivity contribution in [2.45, 2.75) is 12.5 Å². The molecule has 0 spiro atoms. The van der Waals surface area contributed by atoms with E-state index in [1.165, 1.54) is 36.4 Å². The van der Waals surface area contributed by atoms with Gasteiger partial charge in [-0.2, -0.15) is 0 Å². The Bertz CT molecular complexity index is 676. The number of nitrogens with two attached hydrogens (primary N) is 1. The first-order valence-corrected chi connectivity index (χ1v) is 6.50. The summed E-state index contributed by atoms with van der Waals surface area (Å²) in [6, 6.07) is 9.36. The maximum absolute atomic E-state index is 13.2. The molecule has 3 N–H and O–H groups in total. The smallest absolute Gasteiger partial charge is 0.247 e. The lowest BCUT2D eigenvalue weighted by atomic mass is 9.90. The second-order valence-corrected chi connectivity index (χ2v) is 5.16. The fourth-order valence-corrected chi connectivity index (χ4v) is 2.09. The summed E-state index contributed by atoms with van der Waals surface area (Å²) in [5.41, 5.74) is 5.05. The van der Waals surface area contributed by atoms with Crippen molar-refractivity contribution in [3.63, 3.8) is 0 Å². The zero-order chi connectivity index (χ0) is 15.6. The van der Waals surface area contributed by atoms with Gasteiger partial charge in [0.15, 0.2) is 0 Å². The van der Waals surface area contributed by atoms with E-state index in [-0.39, 0.29) is 5.02 Å². The van der Waals surface area contributed by atoms with E-state index in [0.29, 0.717) is 11.3 Å². The molecule has 2 aromatic rings. The number of amides is 1. The molecule has 1 atom stereocenters. The number of benzene rings is 2. The zero-order valence-electron chi connectivity index (χ0n) is 11.2. The van der Waals surface area contributed by atoms with Crippen LogP contribution >= 0.6 is 11.6 Å². The van der Waals surface area contributed by atoms with Crippen LogP contribution in [0.2, 0.25) is 5.02 Å². The summed E-state index contributed by atoms with van der Waals surface area (Å²) in [5.74, 6) is -1.66. The summed E-state index contributed by atoms with van der Waals surface area (Å²) < 4.78 is 26.2. The van der Waals surface area contributed by atoms with Crippen LogP contribution in [-0.4, -0.2) is 5.91 Å². The van der Waals surface area contributed by atoms with Crippen molar-refractivity contribution in [2.75, 3.05) is 5.32 Å². The van der Waals surface area contributed by atoms with Gasteiger partial charge in [-0.05, 0) is 48.9 Å². The summed E-state index contributed by atoms with van der Waals surface area (Å²) in [6.07, 6.45) is 0. The number of carbonyl (C=O) groups excluding carboxylic acids is 1. The lowest BCUT2D eigenvalue weighted by Gasteiger charge is -2.29. The van der Waals surface area contributed by atoms with Crippen LogP contribution in [0, 0.1) is 11.6 Å². The Kier molecular flexibility index (Phi) is 4.14. The van der Waals surface area contributed by atoms with Gasteiger partial charge in [-0.1, -0.05) is 17.7 Å². The Morgan fingerprint density at radius 3 is 2.33 bits per heavy atom. The third-order valence-electron chi connectivity index (χ3n) is 3.23. The molecule has 0 aromatic heterocycles. The topological polar surface area (TPSA) is 55.1 Å². The lowest BCUT2D eigenvalue weighted by Crippen LogP contribution is -2.45. The highest BCUT2D eigenvalue weighted by Gasteiger charge is 2.33. The molecule has 0 aliphatic carbocycles. The minimum atomic E-state index is -1.31. The van der Waals surface area contributed by atoms with E-state index in [0.717, 1.165) is 6.07 Å². The molecule has 0 fully saturated rings. The second kappa shape index (κ2) is 5.69. The molecule has 0 radical (unpaired) electrons. The molecule has 0 bridgehead atoms. The van der Waals surface area contributed by atoms with E-state index in [2.05, 4.69) is 5.32 Å². The van der Waals surface area contributed by atoms with Gasteiger partial charge in [-0.25, -0.2) is 8.78 Å². The van der Waals surface area contributed by atoms with Gasteiger partial charge in [0.1, 0.15) is 17.2 Å². The minimum Gasteiger partial charge on any atom is -0.368 e. The molecule has 1 amide bonds. The number of nitrogens with one attached hydrogen (secondary N) is 1. The summed E-state index contributed by atoms with van der Waals surface area (Å²) in [6.45, 7) is 1.54. The Hall–Kier alpha value is -2.14. The molecule has 0 saturated carbocycles. The number of anilines is 1. The van der Waals surface area contributed by atoms with E-state index in [1.54, 1.807) is 6.92 Å². The van der Waals surface area contributed by atoms with Crippen molar-refractivity contribution in [1.29, 1.82) is 0 Å². The van der Waals surface area contributed by atoms with Gasteiger partial charge in [0.25, 0.3) is 0 Å². The van der Waals surface area contributed by atoms with Crippen LogP contribution in [0.3, 0.4) is 0 Å². The predicted molar refractivity (Wildman–Crippen MR) is 78.0 cm³/mol. The molecule has 0 aliphatic rings. The van der Waals surface area contributed by atoms with Gasteiger partial charge in [-0.15, -0.1) is 0 Å². The third-order valence-corrected chi connectivity index (χ3v) is 3.52. The predicted octanol–water partition coefficient (Wildman–Crippen LogP) is 3.43. The quantitative estimate of drug-likeness (QED) is 0.909. The highest BCUT2D eigenvalue weighted by atomic mass is 35.5. The largest absolute Gasteiger partial charge is 0.368 e. The lowest BCUT2D eigenvalue weighted by molar-refractivity contribution is -0.122. The highest BCUT2D eigenvalue weighted by molar-refractivity contribution is 6.30. The maximum atomic E-state index is 13.2. The Morgan fingerprint density at radius 2 is 1.81 bits per heavy atom. The van der Waals surface area contributed by atoms with Crippen LogP contribution in [0.4, 0.5) is 14.5 Å². The Morgan fingerprint density at radius 1 is 1.19 bits per heavy atom. The number of carbonyl (C=O) groups is 1. The molecule has 0 saturated heterocycles. The van der Waals surface area contributed by atoms with Crippen molar-refractivity contribution in [3.05, 3.63) is 64.7 Å². The number of halogens is 3. The van der Waals surface area contributed by atoms with Crippen LogP contribution in [0.25, 0.3) is 0 Å². The first-order chi connectivity index (χ1) is 9.83. The Balaban J connectivity index is 2.42. The zero-order valence-corrected chi connectivity index (χ0v) is 11.9. The maximum Gasteiger partial charge on any atom is 0.247 e. The minimum absolute atomic E-state index is 0.110. The molecule has 2 rings (SSSR count). The summed E-state index contributed by atoms with van der Waals surface area (Å²) >= 11 is 5.74. The van der Waals surface area contributed by atoms with E-state index >= 15 is 0 Å². The SMILES string of the molecule is CC(Nc1ccc(F)cc1)(C(N)=O)c1ccc(F)c(Cl)c1. The summed E-state index contributed by atoms with van der Waals surface area (Å²) in [5, 5.41) is 2.81. The summed E-state index contributed by atoms with van der Waals surface area (Å²) in [7, 11) is 0. The van der Waals surface area contributed by atoms with Crippen molar-refractivity contribution in [3.8, 4) is 0 Å². The molecular formula is C15H13ClF2N2O. The van der Waals surface area contributed by atoms with Gasteiger partial charge >= 0.3 is 0 Å². The monoisotopic (exact) mass is 310 g/mol. The number of rotatable bonds is 4. The number of hydrogen-bond acceptors (Lipinski definition) is 2. The fourth-order valence-electron chi connectivity index (χ4n) is 1.91. The molecule has 0 aliphatic heterocycles. The van der Waals surface area contributed by atoms with Gasteiger partial charge in [0.05, 0.1) is 5.02 Å². The van der Waals surface area contributed by atoms with Crippen molar-refractivity contribution in [2.24, 2.45) is 5.73 Å². The first-order valence-electron chi connectivity index (χ1n) is 6.12. The van der Waals surface area contributed by atoms with Crippen LogP contribution < -0.4 is 11.1 Å². The normalized spacial score (nSPS) is 13.5. The van der Waals surface area contributed by atoms with Gasteiger partial charge < -0.3 is 11.1 Å². The average Bonchev–Trinajstić information content (AvgIpc) is 2.44.